The smallest absolute Gasteiger partial charge is 0.254 e. The van der Waals surface area contributed by atoms with Crippen LogP contribution in [0, 0.1) is 0 Å². The van der Waals surface area contributed by atoms with Crippen LogP contribution in [0.4, 0.5) is 0 Å². The minimum Gasteiger partial charge on any atom is -0.497 e. The SMILES string of the molecule is COc1ccc([C@@H](C)N(C)C(=O)c2cccc(CCC(C)(C)O)c2)cc1. The first-order valence-corrected chi connectivity index (χ1v) is 8.93. The van der Waals surface area contributed by atoms with Gasteiger partial charge in [0.15, 0.2) is 0 Å². The number of carbonyl (C=O) groups is 1. The number of ether oxygens (including phenoxy) is 1. The summed E-state index contributed by atoms with van der Waals surface area (Å²) in [4.78, 5) is 14.6. The molecule has 0 radical (unpaired) electrons. The fourth-order valence-electron chi connectivity index (χ4n) is 2.80. The van der Waals surface area contributed by atoms with Crippen LogP contribution in [-0.2, 0) is 6.42 Å². The molecule has 0 heterocycles. The van der Waals surface area contributed by atoms with Crippen LogP contribution in [0.5, 0.6) is 5.75 Å². The number of rotatable bonds is 7. The van der Waals surface area contributed by atoms with E-state index in [0.29, 0.717) is 12.0 Å². The predicted molar refractivity (Wildman–Crippen MR) is 105 cm³/mol. The number of benzene rings is 2. The van der Waals surface area contributed by atoms with Crippen LogP contribution in [-0.4, -0.2) is 35.7 Å². The van der Waals surface area contributed by atoms with Crippen molar-refractivity contribution in [1.29, 1.82) is 0 Å². The second-order valence-corrected chi connectivity index (χ2v) is 7.38. The highest BCUT2D eigenvalue weighted by atomic mass is 16.5. The van der Waals surface area contributed by atoms with Gasteiger partial charge in [0, 0.05) is 12.6 Å². The fourth-order valence-corrected chi connectivity index (χ4v) is 2.80. The average Bonchev–Trinajstić information content (AvgIpc) is 2.64. The number of amides is 1. The summed E-state index contributed by atoms with van der Waals surface area (Å²) < 4.78 is 5.19. The van der Waals surface area contributed by atoms with Gasteiger partial charge in [-0.05, 0) is 69.0 Å². The van der Waals surface area contributed by atoms with Crippen molar-refractivity contribution in [3.63, 3.8) is 0 Å². The van der Waals surface area contributed by atoms with E-state index in [1.807, 2.05) is 62.5 Å². The molecule has 4 heteroatoms. The molecule has 1 atom stereocenters. The summed E-state index contributed by atoms with van der Waals surface area (Å²) in [7, 11) is 3.46. The van der Waals surface area contributed by atoms with Gasteiger partial charge in [0.2, 0.25) is 0 Å². The summed E-state index contributed by atoms with van der Waals surface area (Å²) in [6, 6.07) is 15.4. The Hall–Kier alpha value is -2.33. The standard InChI is InChI=1S/C22H29NO3/c1-16(18-9-11-20(26-5)12-10-18)23(4)21(24)19-8-6-7-17(15-19)13-14-22(2,3)25/h6-12,15-16,25H,13-14H2,1-5H3/t16-/m1/s1. The van der Waals surface area contributed by atoms with E-state index in [0.717, 1.165) is 23.3 Å². The third-order valence-electron chi connectivity index (χ3n) is 4.70. The van der Waals surface area contributed by atoms with Crippen LogP contribution in [0.2, 0.25) is 0 Å². The highest BCUT2D eigenvalue weighted by molar-refractivity contribution is 5.94. The molecule has 26 heavy (non-hydrogen) atoms. The lowest BCUT2D eigenvalue weighted by molar-refractivity contribution is 0.0714. The Morgan fingerprint density at radius 3 is 2.42 bits per heavy atom. The summed E-state index contributed by atoms with van der Waals surface area (Å²) in [5, 5.41) is 9.90. The largest absolute Gasteiger partial charge is 0.497 e. The Morgan fingerprint density at radius 1 is 1.19 bits per heavy atom. The molecule has 4 nitrogen and oxygen atoms in total. The summed E-state index contributed by atoms with van der Waals surface area (Å²) in [6.45, 7) is 5.61. The van der Waals surface area contributed by atoms with Crippen molar-refractivity contribution in [3.8, 4) is 5.75 Å². The molecular formula is C22H29NO3. The average molecular weight is 355 g/mol. The second kappa shape index (κ2) is 8.37. The summed E-state index contributed by atoms with van der Waals surface area (Å²) in [6.07, 6.45) is 1.39. The number of nitrogens with zero attached hydrogens (tertiary/aromatic N) is 1. The molecule has 0 aliphatic rings. The molecule has 0 saturated heterocycles. The molecule has 0 aliphatic carbocycles. The second-order valence-electron chi connectivity index (χ2n) is 7.38. The van der Waals surface area contributed by atoms with E-state index in [4.69, 9.17) is 4.74 Å². The van der Waals surface area contributed by atoms with Crippen LogP contribution < -0.4 is 4.74 Å². The minimum absolute atomic E-state index is 0.0153. The van der Waals surface area contributed by atoms with Crippen molar-refractivity contribution >= 4 is 5.91 Å². The lowest BCUT2D eigenvalue weighted by atomic mass is 9.97. The highest BCUT2D eigenvalue weighted by Gasteiger charge is 2.19. The van der Waals surface area contributed by atoms with E-state index in [1.54, 1.807) is 25.9 Å². The zero-order valence-electron chi connectivity index (χ0n) is 16.3. The zero-order valence-corrected chi connectivity index (χ0v) is 16.3. The quantitative estimate of drug-likeness (QED) is 0.808. The van der Waals surface area contributed by atoms with Crippen LogP contribution in [0.1, 0.15) is 54.7 Å². The first-order chi connectivity index (χ1) is 12.2. The minimum atomic E-state index is -0.709. The molecular weight excluding hydrogens is 326 g/mol. The van der Waals surface area contributed by atoms with E-state index in [1.165, 1.54) is 0 Å². The van der Waals surface area contributed by atoms with Crippen molar-refractivity contribution in [2.45, 2.75) is 45.3 Å². The Balaban J connectivity index is 2.11. The molecule has 2 rings (SSSR count). The van der Waals surface area contributed by atoms with Gasteiger partial charge in [-0.1, -0.05) is 24.3 Å². The predicted octanol–water partition coefficient (Wildman–Crippen LogP) is 4.23. The maximum absolute atomic E-state index is 12.9. The van der Waals surface area contributed by atoms with Crippen molar-refractivity contribution in [3.05, 3.63) is 65.2 Å². The normalized spacial score (nSPS) is 12.5. The van der Waals surface area contributed by atoms with Gasteiger partial charge < -0.3 is 14.7 Å². The van der Waals surface area contributed by atoms with E-state index >= 15 is 0 Å². The van der Waals surface area contributed by atoms with Gasteiger partial charge in [-0.15, -0.1) is 0 Å². The molecule has 0 bridgehead atoms. The summed E-state index contributed by atoms with van der Waals surface area (Å²) in [5.74, 6) is 0.785. The maximum Gasteiger partial charge on any atom is 0.254 e. The summed E-state index contributed by atoms with van der Waals surface area (Å²) >= 11 is 0. The fraction of sp³-hybridized carbons (Fsp3) is 0.409. The van der Waals surface area contributed by atoms with Gasteiger partial charge in [0.25, 0.3) is 5.91 Å². The maximum atomic E-state index is 12.9. The number of aryl methyl sites for hydroxylation is 1. The van der Waals surface area contributed by atoms with E-state index in [-0.39, 0.29) is 11.9 Å². The van der Waals surface area contributed by atoms with Crippen molar-refractivity contribution in [1.82, 2.24) is 4.90 Å². The molecule has 0 aliphatic heterocycles. The van der Waals surface area contributed by atoms with Gasteiger partial charge in [-0.3, -0.25) is 4.79 Å². The van der Waals surface area contributed by atoms with Gasteiger partial charge in [-0.25, -0.2) is 0 Å². The first kappa shape index (κ1) is 20.0. The lowest BCUT2D eigenvalue weighted by Gasteiger charge is -2.26. The molecule has 1 N–H and O–H groups in total. The lowest BCUT2D eigenvalue weighted by Crippen LogP contribution is -2.29. The molecule has 0 unspecified atom stereocenters. The van der Waals surface area contributed by atoms with Crippen LogP contribution >= 0.6 is 0 Å². The number of hydrogen-bond acceptors (Lipinski definition) is 3. The zero-order chi connectivity index (χ0) is 19.3. The Kier molecular flexibility index (Phi) is 6.43. The molecule has 140 valence electrons. The monoisotopic (exact) mass is 355 g/mol. The van der Waals surface area contributed by atoms with Crippen molar-refractivity contribution < 1.29 is 14.6 Å². The van der Waals surface area contributed by atoms with Gasteiger partial charge in [0.05, 0.1) is 18.8 Å². The van der Waals surface area contributed by atoms with Gasteiger partial charge in [-0.2, -0.15) is 0 Å². The highest BCUT2D eigenvalue weighted by Crippen LogP contribution is 2.23. The molecule has 2 aromatic carbocycles. The van der Waals surface area contributed by atoms with Crippen LogP contribution in [0.3, 0.4) is 0 Å². The Bertz CT molecular complexity index is 732. The molecule has 2 aromatic rings. The Labute approximate surface area is 156 Å². The van der Waals surface area contributed by atoms with Crippen LogP contribution in [0.25, 0.3) is 0 Å². The van der Waals surface area contributed by atoms with Crippen molar-refractivity contribution in [2.75, 3.05) is 14.2 Å². The first-order valence-electron chi connectivity index (χ1n) is 8.93. The topological polar surface area (TPSA) is 49.8 Å². The van der Waals surface area contributed by atoms with E-state index in [2.05, 4.69) is 0 Å². The Morgan fingerprint density at radius 2 is 1.85 bits per heavy atom. The molecule has 0 spiro atoms. The molecule has 0 saturated carbocycles. The molecule has 1 amide bonds. The third kappa shape index (κ3) is 5.33. The number of aliphatic hydroxyl groups is 1. The van der Waals surface area contributed by atoms with Crippen molar-refractivity contribution in [2.24, 2.45) is 0 Å². The number of methoxy groups -OCH3 is 1. The van der Waals surface area contributed by atoms with E-state index < -0.39 is 5.60 Å². The number of carbonyl (C=O) groups excluding carboxylic acids is 1. The van der Waals surface area contributed by atoms with Crippen LogP contribution in [0.15, 0.2) is 48.5 Å². The van der Waals surface area contributed by atoms with Gasteiger partial charge >= 0.3 is 0 Å². The number of hydrogen-bond donors (Lipinski definition) is 1. The molecule has 0 fully saturated rings. The summed E-state index contributed by atoms with van der Waals surface area (Å²) in [5.41, 5.74) is 2.07. The van der Waals surface area contributed by atoms with Gasteiger partial charge in [0.1, 0.15) is 5.75 Å². The van der Waals surface area contributed by atoms with E-state index in [9.17, 15) is 9.90 Å². The molecule has 0 aromatic heterocycles. The third-order valence-corrected chi connectivity index (χ3v) is 4.70.